The van der Waals surface area contributed by atoms with Crippen molar-refractivity contribution in [1.82, 2.24) is 9.80 Å². The Morgan fingerprint density at radius 3 is 1.77 bits per heavy atom. The standard InChI is InChI=1S/C32H36N2O3P.BrH/c1-2-24-37-32(36)33-21-18-26(19-22-33)25-34-23-20-30(31(34)35)38(27-12-6-3-7-13-27,28-14-8-4-9-15-28)29-16-10-5-11-17-29;/h2-17,26,30H,1,18-25H2;1H/q+1;/p-1. The van der Waals surface area contributed by atoms with Crippen molar-refractivity contribution in [1.29, 1.82) is 0 Å². The highest BCUT2D eigenvalue weighted by Gasteiger charge is 2.58. The Kier molecular flexibility index (Phi) is 9.99. The molecule has 2 heterocycles. The van der Waals surface area contributed by atoms with Gasteiger partial charge < -0.3 is 31.5 Å². The van der Waals surface area contributed by atoms with E-state index in [2.05, 4.69) is 102 Å². The van der Waals surface area contributed by atoms with E-state index < -0.39 is 7.26 Å². The van der Waals surface area contributed by atoms with Crippen molar-refractivity contribution in [3.8, 4) is 0 Å². The molecule has 5 rings (SSSR count). The SMILES string of the molecule is C=CCOC(=O)N1CCC(CN2CCC([P+](c3ccccc3)(c3ccccc3)c3ccccc3)C2=O)CC1.[Br-]. The molecule has 0 spiro atoms. The lowest BCUT2D eigenvalue weighted by molar-refractivity contribution is -0.128. The van der Waals surface area contributed by atoms with E-state index in [9.17, 15) is 9.59 Å². The van der Waals surface area contributed by atoms with E-state index in [-0.39, 0.29) is 41.2 Å². The highest BCUT2D eigenvalue weighted by molar-refractivity contribution is 7.96. The summed E-state index contributed by atoms with van der Waals surface area (Å²) in [5.74, 6) is 0.654. The van der Waals surface area contributed by atoms with E-state index in [1.54, 1.807) is 11.0 Å². The van der Waals surface area contributed by atoms with E-state index >= 15 is 0 Å². The van der Waals surface area contributed by atoms with Gasteiger partial charge in [-0.05, 0) is 55.2 Å². The number of hydrogen-bond acceptors (Lipinski definition) is 3. The Morgan fingerprint density at radius 2 is 1.31 bits per heavy atom. The molecule has 2 saturated heterocycles. The Labute approximate surface area is 243 Å². The number of amides is 2. The van der Waals surface area contributed by atoms with Gasteiger partial charge in [-0.2, -0.15) is 0 Å². The monoisotopic (exact) mass is 606 g/mol. The molecule has 0 aliphatic carbocycles. The van der Waals surface area contributed by atoms with Crippen LogP contribution in [0.2, 0.25) is 0 Å². The lowest BCUT2D eigenvalue weighted by Gasteiger charge is -2.34. The first-order valence-electron chi connectivity index (χ1n) is 13.5. The van der Waals surface area contributed by atoms with Crippen LogP contribution in [-0.2, 0) is 9.53 Å². The van der Waals surface area contributed by atoms with E-state index in [0.29, 0.717) is 19.0 Å². The molecule has 0 bridgehead atoms. The molecule has 204 valence electrons. The van der Waals surface area contributed by atoms with Crippen LogP contribution >= 0.6 is 7.26 Å². The lowest BCUT2D eigenvalue weighted by Crippen LogP contribution is -3.00. The number of carbonyl (C=O) groups is 2. The lowest BCUT2D eigenvalue weighted by atomic mass is 9.96. The quantitative estimate of drug-likeness (QED) is 0.289. The summed E-state index contributed by atoms with van der Waals surface area (Å²) < 4.78 is 5.20. The second-order valence-corrected chi connectivity index (χ2v) is 13.7. The average Bonchev–Trinajstić information content (AvgIpc) is 3.34. The fourth-order valence-electron chi connectivity index (χ4n) is 6.07. The summed E-state index contributed by atoms with van der Waals surface area (Å²) >= 11 is 0. The summed E-state index contributed by atoms with van der Waals surface area (Å²) in [5, 5.41) is 3.76. The number of benzene rings is 3. The van der Waals surface area contributed by atoms with Crippen molar-refractivity contribution in [3.05, 3.63) is 104 Å². The summed E-state index contributed by atoms with van der Waals surface area (Å²) in [6.45, 7) is 6.70. The van der Waals surface area contributed by atoms with E-state index in [1.165, 1.54) is 15.9 Å². The van der Waals surface area contributed by atoms with Gasteiger partial charge in [0.1, 0.15) is 29.8 Å². The van der Waals surface area contributed by atoms with Crippen LogP contribution in [0, 0.1) is 5.92 Å². The Hall–Kier alpha value is -2.95. The molecule has 2 amide bonds. The van der Waals surface area contributed by atoms with E-state index in [0.717, 1.165) is 32.4 Å². The molecule has 1 unspecified atom stereocenters. The Balaban J connectivity index is 0.00000353. The molecule has 2 aliphatic rings. The molecule has 0 aromatic heterocycles. The number of piperidine rings is 1. The van der Waals surface area contributed by atoms with Crippen LogP contribution in [0.3, 0.4) is 0 Å². The zero-order valence-corrected chi connectivity index (χ0v) is 24.7. The number of nitrogens with zero attached hydrogens (tertiary/aromatic N) is 2. The van der Waals surface area contributed by atoms with Crippen LogP contribution in [0.25, 0.3) is 0 Å². The van der Waals surface area contributed by atoms with Gasteiger partial charge in [0.2, 0.25) is 0 Å². The number of carbonyl (C=O) groups excluding carboxylic acids is 2. The van der Waals surface area contributed by atoms with Crippen LogP contribution in [0.15, 0.2) is 104 Å². The first kappa shape index (κ1) is 29.0. The van der Waals surface area contributed by atoms with E-state index in [4.69, 9.17) is 4.74 Å². The Bertz CT molecular complexity index is 1140. The summed E-state index contributed by atoms with van der Waals surface area (Å²) in [6, 6.07) is 32.0. The fourth-order valence-corrected chi connectivity index (χ4v) is 11.0. The zero-order chi connectivity index (χ0) is 26.4. The maximum absolute atomic E-state index is 14.3. The van der Waals surface area contributed by atoms with E-state index in [1.807, 2.05) is 0 Å². The Morgan fingerprint density at radius 1 is 0.821 bits per heavy atom. The second-order valence-electron chi connectivity index (χ2n) is 10.1. The molecule has 5 nitrogen and oxygen atoms in total. The maximum Gasteiger partial charge on any atom is 0.410 e. The minimum Gasteiger partial charge on any atom is -1.00 e. The first-order chi connectivity index (χ1) is 18.6. The van der Waals surface area contributed by atoms with Gasteiger partial charge in [0, 0.05) is 32.6 Å². The summed E-state index contributed by atoms with van der Waals surface area (Å²) in [5.41, 5.74) is -0.0938. The number of rotatable bonds is 8. The summed E-state index contributed by atoms with van der Waals surface area (Å²) in [6.07, 6.45) is 3.92. The molecule has 39 heavy (non-hydrogen) atoms. The molecule has 3 aromatic rings. The van der Waals surface area contributed by atoms with Gasteiger partial charge in [0.15, 0.2) is 5.66 Å². The van der Waals surface area contributed by atoms with Crippen molar-refractivity contribution >= 4 is 35.2 Å². The minimum absolute atomic E-state index is 0. The highest BCUT2D eigenvalue weighted by Crippen LogP contribution is 2.62. The molecule has 2 fully saturated rings. The van der Waals surface area contributed by atoms with Gasteiger partial charge in [-0.3, -0.25) is 4.79 Å². The predicted molar refractivity (Wildman–Crippen MR) is 156 cm³/mol. The van der Waals surface area contributed by atoms with Crippen molar-refractivity contribution in [2.75, 3.05) is 32.8 Å². The van der Waals surface area contributed by atoms with Gasteiger partial charge in [0.25, 0.3) is 5.91 Å². The predicted octanol–water partition coefficient (Wildman–Crippen LogP) is 1.62. The number of ether oxygens (including phenoxy) is 1. The molecule has 7 heteroatoms. The van der Waals surface area contributed by atoms with Gasteiger partial charge in [-0.15, -0.1) is 0 Å². The minimum atomic E-state index is -2.25. The van der Waals surface area contributed by atoms with Crippen LogP contribution < -0.4 is 32.9 Å². The number of halogens is 1. The normalized spacial score (nSPS) is 17.9. The molecular weight excluding hydrogens is 571 g/mol. The average molecular weight is 608 g/mol. The number of likely N-dealkylation sites (tertiary alicyclic amines) is 2. The topological polar surface area (TPSA) is 49.9 Å². The maximum atomic E-state index is 14.3. The molecular formula is C32H36BrN2O3P. The van der Waals surface area contributed by atoms with Crippen molar-refractivity contribution in [3.63, 3.8) is 0 Å². The van der Waals surface area contributed by atoms with Crippen molar-refractivity contribution in [2.24, 2.45) is 5.92 Å². The molecule has 0 N–H and O–H groups in total. The third-order valence-corrected chi connectivity index (χ3v) is 12.7. The van der Waals surface area contributed by atoms with Gasteiger partial charge in [-0.25, -0.2) is 4.79 Å². The third-order valence-electron chi connectivity index (χ3n) is 7.90. The summed E-state index contributed by atoms with van der Waals surface area (Å²) in [7, 11) is -2.25. The highest BCUT2D eigenvalue weighted by atomic mass is 79.9. The fraction of sp³-hybridized carbons (Fsp3) is 0.312. The van der Waals surface area contributed by atoms with Gasteiger partial charge >= 0.3 is 6.09 Å². The summed E-state index contributed by atoms with van der Waals surface area (Å²) in [4.78, 5) is 30.4. The second kappa shape index (κ2) is 13.4. The van der Waals surface area contributed by atoms with Gasteiger partial charge in [-0.1, -0.05) is 67.3 Å². The molecule has 3 aromatic carbocycles. The zero-order valence-electron chi connectivity index (χ0n) is 22.2. The van der Waals surface area contributed by atoms with Crippen molar-refractivity contribution in [2.45, 2.75) is 24.9 Å². The largest absolute Gasteiger partial charge is 1.00 e. The molecule has 0 saturated carbocycles. The van der Waals surface area contributed by atoms with Crippen LogP contribution in [0.1, 0.15) is 19.3 Å². The van der Waals surface area contributed by atoms with Crippen LogP contribution in [0.5, 0.6) is 0 Å². The molecule has 1 atom stereocenters. The number of hydrogen-bond donors (Lipinski definition) is 0. The van der Waals surface area contributed by atoms with Crippen molar-refractivity contribution < 1.29 is 31.3 Å². The first-order valence-corrected chi connectivity index (χ1v) is 15.4. The smallest absolute Gasteiger partial charge is 0.410 e. The van der Waals surface area contributed by atoms with Gasteiger partial charge in [0.05, 0.1) is 0 Å². The van der Waals surface area contributed by atoms with Crippen LogP contribution in [0.4, 0.5) is 4.79 Å². The third kappa shape index (κ3) is 5.97. The molecule has 2 aliphatic heterocycles. The van der Waals surface area contributed by atoms with Crippen LogP contribution in [-0.4, -0.2) is 60.2 Å². The molecule has 0 radical (unpaired) electrons.